The Morgan fingerprint density at radius 2 is 2.04 bits per heavy atom. The summed E-state index contributed by atoms with van der Waals surface area (Å²) in [6, 6.07) is 7.32. The van der Waals surface area contributed by atoms with Gasteiger partial charge in [0.2, 0.25) is 0 Å². The van der Waals surface area contributed by atoms with E-state index < -0.39 is 0 Å². The third-order valence-electron chi connectivity index (χ3n) is 4.84. The van der Waals surface area contributed by atoms with Crippen LogP contribution in [0.1, 0.15) is 31.4 Å². The Bertz CT molecular complexity index is 626. The highest BCUT2D eigenvalue weighted by atomic mass is 127. The number of benzene rings is 1. The molecule has 1 aliphatic carbocycles. The standard InChI is InChI=1S/C20H29FN4O.HI/c1-2-22-20(24-18-8-3-4-9-18)23-15-19(25-10-12-26-13-11-25)16-6-5-7-17(21)14-16;/h3-7,14,18-19H,2,8-13,15H2,1H3,(H2,22,23,24);1H. The maximum absolute atomic E-state index is 13.8. The Morgan fingerprint density at radius 3 is 2.70 bits per heavy atom. The van der Waals surface area contributed by atoms with Crippen molar-refractivity contribution in [1.82, 2.24) is 15.5 Å². The van der Waals surface area contributed by atoms with E-state index in [-0.39, 0.29) is 35.8 Å². The highest BCUT2D eigenvalue weighted by molar-refractivity contribution is 14.0. The number of nitrogens with one attached hydrogen (secondary N) is 2. The molecule has 27 heavy (non-hydrogen) atoms. The summed E-state index contributed by atoms with van der Waals surface area (Å²) in [5, 5.41) is 6.82. The van der Waals surface area contributed by atoms with Crippen LogP contribution in [0.5, 0.6) is 0 Å². The summed E-state index contributed by atoms with van der Waals surface area (Å²) in [7, 11) is 0. The first-order valence-electron chi connectivity index (χ1n) is 9.53. The number of halogens is 2. The van der Waals surface area contributed by atoms with Crippen LogP contribution in [0.25, 0.3) is 0 Å². The third-order valence-corrected chi connectivity index (χ3v) is 4.84. The second kappa shape index (κ2) is 11.6. The van der Waals surface area contributed by atoms with Gasteiger partial charge in [0, 0.05) is 25.7 Å². The summed E-state index contributed by atoms with van der Waals surface area (Å²) in [6.45, 7) is 6.56. The van der Waals surface area contributed by atoms with E-state index in [9.17, 15) is 4.39 Å². The van der Waals surface area contributed by atoms with E-state index >= 15 is 0 Å². The van der Waals surface area contributed by atoms with E-state index in [0.29, 0.717) is 25.8 Å². The number of morpholine rings is 1. The monoisotopic (exact) mass is 488 g/mol. The van der Waals surface area contributed by atoms with Crippen LogP contribution in [-0.2, 0) is 4.74 Å². The number of nitrogens with zero attached hydrogens (tertiary/aromatic N) is 2. The molecule has 150 valence electrons. The van der Waals surface area contributed by atoms with Crippen LogP contribution in [0.4, 0.5) is 4.39 Å². The number of hydrogen-bond donors (Lipinski definition) is 2. The molecule has 2 aliphatic rings. The van der Waals surface area contributed by atoms with Crippen molar-refractivity contribution in [3.63, 3.8) is 0 Å². The molecule has 2 N–H and O–H groups in total. The molecule has 1 aromatic rings. The summed E-state index contributed by atoms with van der Waals surface area (Å²) < 4.78 is 19.3. The fourth-order valence-electron chi connectivity index (χ4n) is 3.46. The molecular formula is C20H30FIN4O. The van der Waals surface area contributed by atoms with Gasteiger partial charge in [-0.2, -0.15) is 0 Å². The van der Waals surface area contributed by atoms with Crippen molar-refractivity contribution in [3.05, 3.63) is 47.8 Å². The SMILES string of the molecule is CCNC(=NCC(c1cccc(F)c1)N1CCOCC1)NC1CC=CC1.I. The lowest BCUT2D eigenvalue weighted by Gasteiger charge is -2.34. The minimum Gasteiger partial charge on any atom is -0.379 e. The Balaban J connectivity index is 0.00000261. The predicted molar refractivity (Wildman–Crippen MR) is 118 cm³/mol. The lowest BCUT2D eigenvalue weighted by atomic mass is 10.0. The van der Waals surface area contributed by atoms with E-state index in [2.05, 4.69) is 34.6 Å². The van der Waals surface area contributed by atoms with Gasteiger partial charge in [0.25, 0.3) is 0 Å². The topological polar surface area (TPSA) is 48.9 Å². The van der Waals surface area contributed by atoms with Gasteiger partial charge in [0.15, 0.2) is 5.96 Å². The van der Waals surface area contributed by atoms with Crippen LogP contribution < -0.4 is 10.6 Å². The molecule has 0 spiro atoms. The zero-order chi connectivity index (χ0) is 18.2. The predicted octanol–water partition coefficient (Wildman–Crippen LogP) is 3.09. The lowest BCUT2D eigenvalue weighted by Crippen LogP contribution is -2.44. The maximum Gasteiger partial charge on any atom is 0.191 e. The van der Waals surface area contributed by atoms with Gasteiger partial charge >= 0.3 is 0 Å². The molecular weight excluding hydrogens is 458 g/mol. The molecule has 1 atom stereocenters. The van der Waals surface area contributed by atoms with Gasteiger partial charge in [-0.05, 0) is 37.5 Å². The van der Waals surface area contributed by atoms with E-state index in [1.807, 2.05) is 6.07 Å². The fraction of sp³-hybridized carbons (Fsp3) is 0.550. The Kier molecular flexibility index (Phi) is 9.50. The molecule has 0 amide bonds. The van der Waals surface area contributed by atoms with Crippen LogP contribution in [0.3, 0.4) is 0 Å². The van der Waals surface area contributed by atoms with Crippen LogP contribution in [0, 0.1) is 5.82 Å². The molecule has 0 saturated carbocycles. The average Bonchev–Trinajstić information content (AvgIpc) is 3.16. The summed E-state index contributed by atoms with van der Waals surface area (Å²) in [6.07, 6.45) is 6.46. The molecule has 1 heterocycles. The van der Waals surface area contributed by atoms with Gasteiger partial charge < -0.3 is 15.4 Å². The second-order valence-electron chi connectivity index (χ2n) is 6.72. The number of rotatable bonds is 6. The van der Waals surface area contributed by atoms with Crippen molar-refractivity contribution >= 4 is 29.9 Å². The van der Waals surface area contributed by atoms with Gasteiger partial charge in [-0.3, -0.25) is 9.89 Å². The average molecular weight is 488 g/mol. The molecule has 0 aromatic heterocycles. The number of ether oxygens (including phenoxy) is 1. The van der Waals surface area contributed by atoms with Crippen LogP contribution in [0.15, 0.2) is 41.4 Å². The van der Waals surface area contributed by atoms with E-state index in [1.54, 1.807) is 12.1 Å². The van der Waals surface area contributed by atoms with E-state index in [0.717, 1.165) is 44.0 Å². The van der Waals surface area contributed by atoms with Gasteiger partial charge in [0.1, 0.15) is 5.82 Å². The quantitative estimate of drug-likeness (QED) is 0.280. The van der Waals surface area contributed by atoms with Crippen molar-refractivity contribution in [2.75, 3.05) is 39.4 Å². The van der Waals surface area contributed by atoms with Crippen LogP contribution in [0.2, 0.25) is 0 Å². The van der Waals surface area contributed by atoms with Crippen LogP contribution in [-0.4, -0.2) is 56.3 Å². The second-order valence-corrected chi connectivity index (χ2v) is 6.72. The maximum atomic E-state index is 13.8. The molecule has 1 fully saturated rings. The highest BCUT2D eigenvalue weighted by Gasteiger charge is 2.23. The van der Waals surface area contributed by atoms with Crippen molar-refractivity contribution in [3.8, 4) is 0 Å². The van der Waals surface area contributed by atoms with Gasteiger partial charge in [-0.25, -0.2) is 4.39 Å². The Labute approximate surface area is 178 Å². The van der Waals surface area contributed by atoms with Crippen molar-refractivity contribution in [2.45, 2.75) is 31.8 Å². The van der Waals surface area contributed by atoms with Crippen molar-refractivity contribution < 1.29 is 9.13 Å². The summed E-state index contributed by atoms with van der Waals surface area (Å²) >= 11 is 0. The number of guanidine groups is 1. The molecule has 7 heteroatoms. The lowest BCUT2D eigenvalue weighted by molar-refractivity contribution is 0.0179. The molecule has 1 saturated heterocycles. The zero-order valence-electron chi connectivity index (χ0n) is 15.9. The van der Waals surface area contributed by atoms with Crippen LogP contribution >= 0.6 is 24.0 Å². The molecule has 1 unspecified atom stereocenters. The first kappa shape index (κ1) is 22.1. The smallest absolute Gasteiger partial charge is 0.191 e. The number of aliphatic imine (C=N–C) groups is 1. The zero-order valence-corrected chi connectivity index (χ0v) is 18.2. The number of hydrogen-bond acceptors (Lipinski definition) is 3. The molecule has 5 nitrogen and oxygen atoms in total. The normalized spacial score (nSPS) is 19.6. The van der Waals surface area contributed by atoms with Gasteiger partial charge in [0.05, 0.1) is 25.8 Å². The Hall–Kier alpha value is -1.19. The van der Waals surface area contributed by atoms with Crippen molar-refractivity contribution in [2.24, 2.45) is 4.99 Å². The molecule has 0 bridgehead atoms. The molecule has 1 aromatic carbocycles. The minimum absolute atomic E-state index is 0. The van der Waals surface area contributed by atoms with Crippen molar-refractivity contribution in [1.29, 1.82) is 0 Å². The molecule has 3 rings (SSSR count). The summed E-state index contributed by atoms with van der Waals surface area (Å²) in [4.78, 5) is 7.16. The first-order chi connectivity index (χ1) is 12.8. The Morgan fingerprint density at radius 1 is 1.30 bits per heavy atom. The van der Waals surface area contributed by atoms with Gasteiger partial charge in [-0.1, -0.05) is 24.3 Å². The third kappa shape index (κ3) is 6.73. The van der Waals surface area contributed by atoms with E-state index in [1.165, 1.54) is 6.07 Å². The minimum atomic E-state index is -0.202. The van der Waals surface area contributed by atoms with Gasteiger partial charge in [-0.15, -0.1) is 24.0 Å². The largest absolute Gasteiger partial charge is 0.379 e. The molecule has 0 radical (unpaired) electrons. The van der Waals surface area contributed by atoms with E-state index in [4.69, 9.17) is 9.73 Å². The summed E-state index contributed by atoms with van der Waals surface area (Å²) in [5.41, 5.74) is 0.967. The molecule has 1 aliphatic heterocycles. The fourth-order valence-corrected chi connectivity index (χ4v) is 3.46. The summed E-state index contributed by atoms with van der Waals surface area (Å²) in [5.74, 6) is 0.627. The first-order valence-corrected chi connectivity index (χ1v) is 9.53. The highest BCUT2D eigenvalue weighted by Crippen LogP contribution is 2.23.